The van der Waals surface area contributed by atoms with Crippen molar-refractivity contribution in [3.05, 3.63) is 52.9 Å². The Morgan fingerprint density at radius 2 is 1.96 bits per heavy atom. The van der Waals surface area contributed by atoms with E-state index in [-0.39, 0.29) is 11.0 Å². The molecule has 0 saturated heterocycles. The average molecular weight is 362 g/mol. The van der Waals surface area contributed by atoms with Gasteiger partial charge < -0.3 is 8.98 Å². The van der Waals surface area contributed by atoms with Crippen LogP contribution in [-0.4, -0.2) is 25.8 Å². The Bertz CT molecular complexity index is 870. The van der Waals surface area contributed by atoms with E-state index < -0.39 is 0 Å². The number of hydrogen-bond acceptors (Lipinski definition) is 5. The molecule has 0 amide bonds. The van der Waals surface area contributed by atoms with Crippen molar-refractivity contribution in [2.75, 3.05) is 0 Å². The van der Waals surface area contributed by atoms with Gasteiger partial charge in [-0.15, -0.1) is 10.2 Å². The number of thioether (sulfide) groups is 1. The number of aryl methyl sites for hydroxylation is 1. The first kappa shape index (κ1) is 16.8. The number of aromatic nitrogens is 3. The molecule has 0 spiro atoms. The molecule has 0 aliphatic heterocycles. The molecule has 1 aromatic carbocycles. The average Bonchev–Trinajstić information content (AvgIpc) is 3.14. The first-order chi connectivity index (χ1) is 11.5. The third-order valence-electron chi connectivity index (χ3n) is 3.71. The molecule has 3 aromatic rings. The lowest BCUT2D eigenvalue weighted by Crippen LogP contribution is -2.14. The molecule has 0 bridgehead atoms. The van der Waals surface area contributed by atoms with E-state index in [2.05, 4.69) is 10.2 Å². The van der Waals surface area contributed by atoms with Crippen molar-refractivity contribution in [3.8, 4) is 11.4 Å². The van der Waals surface area contributed by atoms with Crippen LogP contribution >= 0.6 is 23.4 Å². The van der Waals surface area contributed by atoms with Gasteiger partial charge in [0.05, 0.1) is 17.1 Å². The molecule has 124 valence electrons. The van der Waals surface area contributed by atoms with E-state index in [1.165, 1.54) is 11.8 Å². The number of halogens is 1. The highest BCUT2D eigenvalue weighted by Gasteiger charge is 2.21. The van der Waals surface area contributed by atoms with Crippen molar-refractivity contribution in [2.45, 2.75) is 24.3 Å². The van der Waals surface area contributed by atoms with Crippen LogP contribution in [0.15, 0.2) is 46.2 Å². The van der Waals surface area contributed by atoms with Gasteiger partial charge in [0, 0.05) is 17.6 Å². The van der Waals surface area contributed by atoms with Gasteiger partial charge in [-0.2, -0.15) is 0 Å². The van der Waals surface area contributed by atoms with Crippen molar-refractivity contribution >= 4 is 29.1 Å². The summed E-state index contributed by atoms with van der Waals surface area (Å²) in [4.78, 5) is 12.5. The maximum absolute atomic E-state index is 12.5. The highest BCUT2D eigenvalue weighted by molar-refractivity contribution is 8.00. The van der Waals surface area contributed by atoms with Gasteiger partial charge in [0.15, 0.2) is 16.8 Å². The molecular formula is C17H16ClN3O2S. The lowest BCUT2D eigenvalue weighted by atomic mass is 10.1. The van der Waals surface area contributed by atoms with E-state index in [0.29, 0.717) is 15.7 Å². The van der Waals surface area contributed by atoms with E-state index in [1.807, 2.05) is 31.5 Å². The van der Waals surface area contributed by atoms with Crippen LogP contribution in [0.1, 0.15) is 23.0 Å². The van der Waals surface area contributed by atoms with E-state index in [4.69, 9.17) is 16.0 Å². The van der Waals surface area contributed by atoms with Crippen molar-refractivity contribution in [2.24, 2.45) is 7.05 Å². The summed E-state index contributed by atoms with van der Waals surface area (Å²) in [5.41, 5.74) is 1.53. The summed E-state index contributed by atoms with van der Waals surface area (Å²) in [6.07, 6.45) is 1.62. The summed E-state index contributed by atoms with van der Waals surface area (Å²) < 4.78 is 7.19. The zero-order chi connectivity index (χ0) is 17.3. The Morgan fingerprint density at radius 1 is 1.25 bits per heavy atom. The molecule has 0 saturated carbocycles. The SMILES string of the molecule is Cc1occc1-c1nnc(S[C@@H](C)C(=O)c2ccc(Cl)cc2)n1C. The van der Waals surface area contributed by atoms with Crippen molar-refractivity contribution in [3.63, 3.8) is 0 Å². The Morgan fingerprint density at radius 3 is 2.58 bits per heavy atom. The third kappa shape index (κ3) is 3.25. The Balaban J connectivity index is 1.79. The number of nitrogens with zero attached hydrogens (tertiary/aromatic N) is 3. The van der Waals surface area contributed by atoms with Gasteiger partial charge in [-0.3, -0.25) is 4.79 Å². The maximum Gasteiger partial charge on any atom is 0.191 e. The second-order valence-corrected chi connectivity index (χ2v) is 7.13. The number of furan rings is 1. The van der Waals surface area contributed by atoms with Gasteiger partial charge in [-0.25, -0.2) is 0 Å². The summed E-state index contributed by atoms with van der Waals surface area (Å²) in [5, 5.41) is 9.43. The molecule has 0 fully saturated rings. The number of ketones is 1. The monoisotopic (exact) mass is 361 g/mol. The zero-order valence-electron chi connectivity index (χ0n) is 13.5. The summed E-state index contributed by atoms with van der Waals surface area (Å²) in [7, 11) is 1.88. The summed E-state index contributed by atoms with van der Waals surface area (Å²) in [6, 6.07) is 8.76. The molecule has 0 aliphatic carbocycles. The number of carbonyl (C=O) groups excluding carboxylic acids is 1. The lowest BCUT2D eigenvalue weighted by molar-refractivity contribution is 0.0994. The van der Waals surface area contributed by atoms with Gasteiger partial charge in [0.2, 0.25) is 0 Å². The third-order valence-corrected chi connectivity index (χ3v) is 5.10. The second-order valence-electron chi connectivity index (χ2n) is 5.39. The first-order valence-corrected chi connectivity index (χ1v) is 8.63. The van der Waals surface area contributed by atoms with Crippen LogP contribution in [0.3, 0.4) is 0 Å². The van der Waals surface area contributed by atoms with Crippen LogP contribution in [-0.2, 0) is 7.05 Å². The largest absolute Gasteiger partial charge is 0.469 e. The van der Waals surface area contributed by atoms with Crippen LogP contribution in [0.25, 0.3) is 11.4 Å². The summed E-state index contributed by atoms with van der Waals surface area (Å²) in [5.74, 6) is 1.53. The van der Waals surface area contributed by atoms with E-state index in [0.717, 1.165) is 17.1 Å². The van der Waals surface area contributed by atoms with Crippen molar-refractivity contribution < 1.29 is 9.21 Å². The van der Waals surface area contributed by atoms with Gasteiger partial charge in [0.1, 0.15) is 5.76 Å². The van der Waals surface area contributed by atoms with Gasteiger partial charge in [-0.1, -0.05) is 23.4 Å². The molecule has 0 radical (unpaired) electrons. The van der Waals surface area contributed by atoms with Gasteiger partial charge in [-0.05, 0) is 44.2 Å². The minimum absolute atomic E-state index is 0.0284. The topological polar surface area (TPSA) is 60.9 Å². The zero-order valence-corrected chi connectivity index (χ0v) is 15.1. The molecule has 0 N–H and O–H groups in total. The van der Waals surface area contributed by atoms with E-state index in [1.54, 1.807) is 30.5 Å². The number of benzene rings is 1. The fraction of sp³-hybridized carbons (Fsp3) is 0.235. The van der Waals surface area contributed by atoms with Crippen LogP contribution in [0.4, 0.5) is 0 Å². The second kappa shape index (κ2) is 6.83. The standard InChI is InChI=1S/C17H16ClN3O2S/c1-10-14(8-9-23-10)16-19-20-17(21(16)3)24-11(2)15(22)12-4-6-13(18)7-5-12/h4-9,11H,1-3H3/t11-/m0/s1. The lowest BCUT2D eigenvalue weighted by Gasteiger charge is -2.10. The molecule has 0 aliphatic rings. The van der Waals surface area contributed by atoms with Crippen LogP contribution in [0.2, 0.25) is 5.02 Å². The van der Waals surface area contributed by atoms with E-state index >= 15 is 0 Å². The number of carbonyl (C=O) groups is 1. The van der Waals surface area contributed by atoms with E-state index in [9.17, 15) is 4.79 Å². The maximum atomic E-state index is 12.5. The molecule has 3 rings (SSSR count). The number of hydrogen-bond donors (Lipinski definition) is 0. The highest BCUT2D eigenvalue weighted by Crippen LogP contribution is 2.29. The van der Waals surface area contributed by atoms with Crippen LogP contribution < -0.4 is 0 Å². The van der Waals surface area contributed by atoms with Crippen molar-refractivity contribution in [1.29, 1.82) is 0 Å². The normalized spacial score (nSPS) is 12.3. The predicted molar refractivity (Wildman–Crippen MR) is 94.5 cm³/mol. The molecule has 5 nitrogen and oxygen atoms in total. The first-order valence-electron chi connectivity index (χ1n) is 7.37. The Labute approximate surface area is 149 Å². The smallest absolute Gasteiger partial charge is 0.191 e. The van der Waals surface area contributed by atoms with Gasteiger partial charge >= 0.3 is 0 Å². The fourth-order valence-corrected chi connectivity index (χ4v) is 3.35. The molecule has 0 unspecified atom stereocenters. The molecule has 24 heavy (non-hydrogen) atoms. The molecule has 1 atom stereocenters. The minimum atomic E-state index is -0.285. The Kier molecular flexibility index (Phi) is 4.78. The van der Waals surface area contributed by atoms with Crippen LogP contribution in [0.5, 0.6) is 0 Å². The van der Waals surface area contributed by atoms with Crippen molar-refractivity contribution in [1.82, 2.24) is 14.8 Å². The molecular weight excluding hydrogens is 346 g/mol. The predicted octanol–water partition coefficient (Wildman–Crippen LogP) is 4.40. The quantitative estimate of drug-likeness (QED) is 0.498. The fourth-order valence-electron chi connectivity index (χ4n) is 2.33. The molecule has 2 aromatic heterocycles. The minimum Gasteiger partial charge on any atom is -0.469 e. The number of Topliss-reactive ketones (excluding diaryl/α,β-unsaturated/α-hetero) is 1. The molecule has 7 heteroatoms. The summed E-state index contributed by atoms with van der Waals surface area (Å²) >= 11 is 7.24. The summed E-state index contributed by atoms with van der Waals surface area (Å²) in [6.45, 7) is 3.74. The Hall–Kier alpha value is -2.05. The highest BCUT2D eigenvalue weighted by atomic mass is 35.5. The molecule has 2 heterocycles. The van der Waals surface area contributed by atoms with Gasteiger partial charge in [0.25, 0.3) is 0 Å². The van der Waals surface area contributed by atoms with Crippen LogP contribution in [0, 0.1) is 6.92 Å². The number of rotatable bonds is 5.